The lowest BCUT2D eigenvalue weighted by atomic mass is 10.1. The Balaban J connectivity index is 3.09. The second kappa shape index (κ2) is 5.82. The highest BCUT2D eigenvalue weighted by molar-refractivity contribution is 5.79. The summed E-state index contributed by atoms with van der Waals surface area (Å²) in [6, 6.07) is 4.42. The second-order valence-corrected chi connectivity index (χ2v) is 4.57. The van der Waals surface area contributed by atoms with Crippen molar-refractivity contribution < 1.29 is 14.3 Å². The molecule has 0 saturated carbocycles. The minimum atomic E-state index is -0.725. The lowest BCUT2D eigenvalue weighted by Crippen LogP contribution is -2.39. The minimum absolute atomic E-state index is 0.0391. The number of halogens is 1. The summed E-state index contributed by atoms with van der Waals surface area (Å²) < 4.78 is 14.0. The zero-order valence-corrected chi connectivity index (χ0v) is 10.9. The van der Waals surface area contributed by atoms with Crippen molar-refractivity contribution in [2.45, 2.75) is 32.9 Å². The lowest BCUT2D eigenvalue weighted by Gasteiger charge is -2.28. The minimum Gasteiger partial charge on any atom is -0.389 e. The number of carbonyl (C=O) groups excluding carboxylic acids is 1. The molecule has 0 fully saturated rings. The first-order valence-electron chi connectivity index (χ1n) is 5.85. The second-order valence-electron chi connectivity index (χ2n) is 4.57. The summed E-state index contributed by atoms with van der Waals surface area (Å²) in [6.07, 6.45) is -0.725. The van der Waals surface area contributed by atoms with E-state index in [-0.39, 0.29) is 12.6 Å². The predicted molar refractivity (Wildman–Crippen MR) is 68.7 cm³/mol. The Hall–Kier alpha value is -1.62. The van der Waals surface area contributed by atoms with E-state index in [1.807, 2.05) is 13.8 Å². The topological polar surface area (TPSA) is 66.6 Å². The monoisotopic (exact) mass is 254 g/mol. The van der Waals surface area contributed by atoms with Crippen molar-refractivity contribution in [3.8, 4) is 0 Å². The van der Waals surface area contributed by atoms with Gasteiger partial charge < -0.3 is 15.7 Å². The molecule has 1 amide bonds. The first kappa shape index (κ1) is 14.4. The predicted octanol–water partition coefficient (Wildman–Crippen LogP) is 1.58. The fraction of sp³-hybridized carbons (Fsp3) is 0.462. The number of aliphatic hydroxyl groups excluding tert-OH is 1. The number of aliphatic hydroxyl groups is 1. The highest BCUT2D eigenvalue weighted by Gasteiger charge is 2.17. The van der Waals surface area contributed by atoms with Crippen molar-refractivity contribution in [2.75, 3.05) is 11.4 Å². The zero-order chi connectivity index (χ0) is 13.9. The van der Waals surface area contributed by atoms with Crippen LogP contribution < -0.4 is 10.6 Å². The molecule has 0 bridgehead atoms. The molecule has 0 saturated heterocycles. The molecule has 5 heteroatoms. The molecule has 0 heterocycles. The number of hydrogen-bond donors (Lipinski definition) is 2. The highest BCUT2D eigenvalue weighted by Crippen LogP contribution is 2.24. The number of hydrogen-bond acceptors (Lipinski definition) is 3. The van der Waals surface area contributed by atoms with E-state index in [9.17, 15) is 14.3 Å². The molecule has 1 aromatic rings. The fourth-order valence-corrected chi connectivity index (χ4v) is 1.73. The van der Waals surface area contributed by atoms with Crippen LogP contribution in [0.15, 0.2) is 18.2 Å². The number of rotatable bonds is 5. The Morgan fingerprint density at radius 2 is 2.06 bits per heavy atom. The normalized spacial score (nSPS) is 12.6. The van der Waals surface area contributed by atoms with Gasteiger partial charge in [0, 0.05) is 6.04 Å². The van der Waals surface area contributed by atoms with Crippen LogP contribution in [0, 0.1) is 5.82 Å². The van der Waals surface area contributed by atoms with Crippen molar-refractivity contribution in [1.82, 2.24) is 0 Å². The summed E-state index contributed by atoms with van der Waals surface area (Å²) >= 11 is 0. The first-order valence-corrected chi connectivity index (χ1v) is 5.85. The number of anilines is 1. The molecular weight excluding hydrogens is 235 g/mol. The van der Waals surface area contributed by atoms with Crippen LogP contribution in [-0.2, 0) is 4.79 Å². The van der Waals surface area contributed by atoms with Crippen LogP contribution in [0.3, 0.4) is 0 Å². The van der Waals surface area contributed by atoms with Crippen molar-refractivity contribution in [1.29, 1.82) is 0 Å². The molecule has 0 aliphatic rings. The van der Waals surface area contributed by atoms with Crippen LogP contribution in [-0.4, -0.2) is 23.6 Å². The van der Waals surface area contributed by atoms with Crippen LogP contribution in [0.4, 0.5) is 10.1 Å². The van der Waals surface area contributed by atoms with E-state index in [4.69, 9.17) is 5.73 Å². The standard InChI is InChI=1S/C13H19FN2O2/c1-8(2)16(7-13(15)18)12-5-4-10(9(3)17)6-11(12)14/h4-6,8-9,17H,7H2,1-3H3,(H2,15,18)/t9-/m1/s1. The van der Waals surface area contributed by atoms with E-state index >= 15 is 0 Å². The Bertz CT molecular complexity index is 433. The zero-order valence-electron chi connectivity index (χ0n) is 10.9. The van der Waals surface area contributed by atoms with Gasteiger partial charge in [-0.15, -0.1) is 0 Å². The quantitative estimate of drug-likeness (QED) is 0.838. The van der Waals surface area contributed by atoms with Crippen molar-refractivity contribution in [3.63, 3.8) is 0 Å². The number of carbonyl (C=O) groups is 1. The first-order chi connectivity index (χ1) is 8.32. The average Bonchev–Trinajstić information content (AvgIpc) is 2.25. The third-order valence-corrected chi connectivity index (χ3v) is 2.71. The van der Waals surface area contributed by atoms with Gasteiger partial charge in [0.15, 0.2) is 0 Å². The largest absolute Gasteiger partial charge is 0.389 e. The molecule has 0 aliphatic heterocycles. The van der Waals surface area contributed by atoms with Crippen LogP contribution in [0.5, 0.6) is 0 Å². The van der Waals surface area contributed by atoms with Gasteiger partial charge in [-0.1, -0.05) is 6.07 Å². The Labute approximate surface area is 106 Å². The molecular formula is C13H19FN2O2. The molecule has 0 unspecified atom stereocenters. The molecule has 100 valence electrons. The summed E-state index contributed by atoms with van der Waals surface area (Å²) in [7, 11) is 0. The maximum Gasteiger partial charge on any atom is 0.236 e. The lowest BCUT2D eigenvalue weighted by molar-refractivity contribution is -0.116. The molecule has 18 heavy (non-hydrogen) atoms. The van der Waals surface area contributed by atoms with Gasteiger partial charge in [-0.05, 0) is 38.5 Å². The number of nitrogens with two attached hydrogens (primary N) is 1. The Morgan fingerprint density at radius 3 is 2.44 bits per heavy atom. The van der Waals surface area contributed by atoms with Gasteiger partial charge in [0.25, 0.3) is 0 Å². The summed E-state index contributed by atoms with van der Waals surface area (Å²) in [5.41, 5.74) is 5.97. The SMILES string of the molecule is CC(C)N(CC(N)=O)c1ccc([C@@H](C)O)cc1F. The van der Waals surface area contributed by atoms with Gasteiger partial charge in [0.05, 0.1) is 18.3 Å². The highest BCUT2D eigenvalue weighted by atomic mass is 19.1. The summed E-state index contributed by atoms with van der Waals surface area (Å²) in [5.74, 6) is -0.981. The number of primary amides is 1. The maximum absolute atomic E-state index is 14.0. The Kier molecular flexibility index (Phi) is 4.67. The molecule has 0 aliphatic carbocycles. The van der Waals surface area contributed by atoms with Gasteiger partial charge in [-0.25, -0.2) is 4.39 Å². The van der Waals surface area contributed by atoms with Crippen molar-refractivity contribution in [3.05, 3.63) is 29.6 Å². The van der Waals surface area contributed by atoms with Crippen molar-refractivity contribution >= 4 is 11.6 Å². The summed E-state index contributed by atoms with van der Waals surface area (Å²) in [4.78, 5) is 12.6. The van der Waals surface area contributed by atoms with Crippen LogP contribution in [0.1, 0.15) is 32.4 Å². The van der Waals surface area contributed by atoms with E-state index in [0.717, 1.165) is 0 Å². The van der Waals surface area contributed by atoms with Crippen LogP contribution in [0.25, 0.3) is 0 Å². The fourth-order valence-electron chi connectivity index (χ4n) is 1.73. The van der Waals surface area contributed by atoms with Crippen LogP contribution in [0.2, 0.25) is 0 Å². The number of amides is 1. The van der Waals surface area contributed by atoms with Crippen molar-refractivity contribution in [2.24, 2.45) is 5.73 Å². The van der Waals surface area contributed by atoms with E-state index < -0.39 is 17.8 Å². The van der Waals surface area contributed by atoms with Crippen LogP contribution >= 0.6 is 0 Å². The number of nitrogens with zero attached hydrogens (tertiary/aromatic N) is 1. The Morgan fingerprint density at radius 1 is 1.44 bits per heavy atom. The molecule has 1 rings (SSSR count). The molecule has 4 nitrogen and oxygen atoms in total. The molecule has 3 N–H and O–H groups in total. The van der Waals surface area contributed by atoms with Gasteiger partial charge in [0.1, 0.15) is 5.82 Å². The summed E-state index contributed by atoms with van der Waals surface area (Å²) in [5, 5.41) is 9.38. The molecule has 0 spiro atoms. The van der Waals surface area contributed by atoms with E-state index in [1.54, 1.807) is 24.0 Å². The third kappa shape index (κ3) is 3.43. The third-order valence-electron chi connectivity index (χ3n) is 2.71. The van der Waals surface area contributed by atoms with E-state index in [1.165, 1.54) is 6.07 Å². The van der Waals surface area contributed by atoms with Gasteiger partial charge in [-0.3, -0.25) is 4.79 Å². The molecule has 1 atom stereocenters. The number of benzene rings is 1. The van der Waals surface area contributed by atoms with Gasteiger partial charge in [0.2, 0.25) is 5.91 Å². The van der Waals surface area contributed by atoms with E-state index in [0.29, 0.717) is 11.3 Å². The van der Waals surface area contributed by atoms with Gasteiger partial charge >= 0.3 is 0 Å². The maximum atomic E-state index is 14.0. The van der Waals surface area contributed by atoms with Gasteiger partial charge in [-0.2, -0.15) is 0 Å². The smallest absolute Gasteiger partial charge is 0.236 e. The molecule has 0 radical (unpaired) electrons. The molecule has 0 aromatic heterocycles. The van der Waals surface area contributed by atoms with E-state index in [2.05, 4.69) is 0 Å². The summed E-state index contributed by atoms with van der Waals surface area (Å²) in [6.45, 7) is 5.23. The molecule has 1 aromatic carbocycles. The average molecular weight is 254 g/mol.